The van der Waals surface area contributed by atoms with Crippen molar-refractivity contribution in [2.45, 2.75) is 17.1 Å². The number of para-hydroxylation sites is 1. The van der Waals surface area contributed by atoms with E-state index in [2.05, 4.69) is 51.1 Å². The van der Waals surface area contributed by atoms with Crippen LogP contribution in [0.3, 0.4) is 0 Å². The molecule has 0 unspecified atom stereocenters. The van der Waals surface area contributed by atoms with Crippen LogP contribution in [-0.2, 0) is 0 Å². The summed E-state index contributed by atoms with van der Waals surface area (Å²) in [6.07, 6.45) is 2.01. The van der Waals surface area contributed by atoms with Gasteiger partial charge in [0.1, 0.15) is 16.4 Å². The zero-order valence-corrected chi connectivity index (χ0v) is 15.9. The van der Waals surface area contributed by atoms with Crippen LogP contribution in [0, 0.1) is 6.92 Å². The number of imidazole rings is 1. The molecule has 0 amide bonds. The van der Waals surface area contributed by atoms with Crippen molar-refractivity contribution in [3.63, 3.8) is 0 Å². The van der Waals surface area contributed by atoms with E-state index >= 15 is 0 Å². The number of rotatable bonds is 4. The van der Waals surface area contributed by atoms with E-state index in [4.69, 9.17) is 4.98 Å². The summed E-state index contributed by atoms with van der Waals surface area (Å²) in [6, 6.07) is 24.3. The number of fused-ring (bicyclic) bond motifs is 1. The van der Waals surface area contributed by atoms with Gasteiger partial charge in [0.15, 0.2) is 0 Å². The molecule has 0 radical (unpaired) electrons. The fraction of sp³-hybridized carbons (Fsp3) is 0.0476. The van der Waals surface area contributed by atoms with Crippen molar-refractivity contribution in [3.05, 3.63) is 84.6 Å². The van der Waals surface area contributed by atoms with Crippen LogP contribution >= 0.6 is 11.8 Å². The molecule has 0 saturated carbocycles. The molecule has 0 spiro atoms. The fourth-order valence-electron chi connectivity index (χ4n) is 3.03. The second-order valence-corrected chi connectivity index (χ2v) is 7.33. The number of hydrogen-bond donors (Lipinski definition) is 0. The minimum Gasteiger partial charge on any atom is -0.294 e. The van der Waals surface area contributed by atoms with Gasteiger partial charge in [-0.3, -0.25) is 4.40 Å². The number of hydrogen-bond acceptors (Lipinski definition) is 5. The van der Waals surface area contributed by atoms with Crippen LogP contribution in [0.5, 0.6) is 0 Å². The maximum Gasteiger partial charge on any atom is 0.220 e. The van der Waals surface area contributed by atoms with Crippen LogP contribution < -0.4 is 0 Å². The minimum absolute atomic E-state index is 0.685. The number of nitrogens with zero attached hydrogens (tertiary/aromatic N) is 6. The Morgan fingerprint density at radius 3 is 2.46 bits per heavy atom. The lowest BCUT2D eigenvalue weighted by molar-refractivity contribution is 0.755. The lowest BCUT2D eigenvalue weighted by Crippen LogP contribution is -1.99. The predicted octanol–water partition coefficient (Wildman–Crippen LogP) is 4.44. The van der Waals surface area contributed by atoms with E-state index < -0.39 is 0 Å². The van der Waals surface area contributed by atoms with Gasteiger partial charge in [0.05, 0.1) is 5.69 Å². The molecule has 5 aromatic rings. The molecule has 0 saturated heterocycles. The molecule has 0 aliphatic carbocycles. The molecule has 5 rings (SSSR count). The highest BCUT2D eigenvalue weighted by Gasteiger charge is 2.19. The van der Waals surface area contributed by atoms with Crippen molar-refractivity contribution in [2.24, 2.45) is 0 Å². The van der Waals surface area contributed by atoms with Gasteiger partial charge < -0.3 is 0 Å². The first-order chi connectivity index (χ1) is 13.8. The van der Waals surface area contributed by atoms with Gasteiger partial charge in [0.25, 0.3) is 0 Å². The molecular weight excluding hydrogens is 368 g/mol. The summed E-state index contributed by atoms with van der Waals surface area (Å²) in [4.78, 5) is 4.86. The summed E-state index contributed by atoms with van der Waals surface area (Å²) < 4.78 is 3.82. The SMILES string of the molecule is Cc1ccc(-c2nc3ccccn3c2Sc2nnnn2-c2ccccc2)cc1. The summed E-state index contributed by atoms with van der Waals surface area (Å²) >= 11 is 1.50. The molecule has 0 atom stereocenters. The van der Waals surface area contributed by atoms with E-state index in [9.17, 15) is 0 Å². The topological polar surface area (TPSA) is 60.9 Å². The van der Waals surface area contributed by atoms with Crippen LogP contribution in [0.15, 0.2) is 89.2 Å². The fourth-order valence-corrected chi connectivity index (χ4v) is 4.02. The predicted molar refractivity (Wildman–Crippen MR) is 109 cm³/mol. The van der Waals surface area contributed by atoms with Crippen LogP contribution in [0.25, 0.3) is 22.6 Å². The maximum atomic E-state index is 4.86. The third-order valence-corrected chi connectivity index (χ3v) is 5.46. The first kappa shape index (κ1) is 16.7. The first-order valence-electron chi connectivity index (χ1n) is 8.85. The van der Waals surface area contributed by atoms with Crippen molar-refractivity contribution < 1.29 is 0 Å². The minimum atomic E-state index is 0.685. The number of aryl methyl sites for hydroxylation is 1. The Balaban J connectivity index is 1.65. The van der Waals surface area contributed by atoms with E-state index in [1.165, 1.54) is 17.3 Å². The molecule has 7 heteroatoms. The van der Waals surface area contributed by atoms with Gasteiger partial charge in [-0.15, -0.1) is 5.10 Å². The van der Waals surface area contributed by atoms with Gasteiger partial charge in [0.2, 0.25) is 5.16 Å². The van der Waals surface area contributed by atoms with Gasteiger partial charge in [0, 0.05) is 11.8 Å². The molecule has 3 aromatic heterocycles. The van der Waals surface area contributed by atoms with Gasteiger partial charge in [-0.25, -0.2) is 4.98 Å². The molecule has 6 nitrogen and oxygen atoms in total. The van der Waals surface area contributed by atoms with Crippen molar-refractivity contribution in [1.29, 1.82) is 0 Å². The average Bonchev–Trinajstić information content (AvgIpc) is 3.35. The van der Waals surface area contributed by atoms with Crippen LogP contribution in [-0.4, -0.2) is 29.6 Å². The number of tetrazole rings is 1. The Labute approximate surface area is 165 Å². The van der Waals surface area contributed by atoms with E-state index in [-0.39, 0.29) is 0 Å². The Hall–Kier alpha value is -3.45. The molecule has 0 fully saturated rings. The average molecular weight is 384 g/mol. The quantitative estimate of drug-likeness (QED) is 0.458. The highest BCUT2D eigenvalue weighted by Crippen LogP contribution is 2.36. The standard InChI is InChI=1S/C21H16N6S/c1-15-10-12-16(13-11-15)19-20(26-14-6-5-9-18(26)22-19)28-21-23-24-25-27(21)17-7-3-2-4-8-17/h2-14H,1H3. The summed E-state index contributed by atoms with van der Waals surface area (Å²) in [6.45, 7) is 2.08. The lowest BCUT2D eigenvalue weighted by Gasteiger charge is -2.06. The van der Waals surface area contributed by atoms with Crippen LogP contribution in [0.1, 0.15) is 5.56 Å². The monoisotopic (exact) mass is 384 g/mol. The van der Waals surface area contributed by atoms with Crippen LogP contribution in [0.2, 0.25) is 0 Å². The molecule has 136 valence electrons. The van der Waals surface area contributed by atoms with Gasteiger partial charge in [-0.1, -0.05) is 54.1 Å². The lowest BCUT2D eigenvalue weighted by atomic mass is 10.1. The van der Waals surface area contributed by atoms with E-state index in [1.807, 2.05) is 54.7 Å². The number of aromatic nitrogens is 6. The van der Waals surface area contributed by atoms with Gasteiger partial charge >= 0.3 is 0 Å². The molecule has 28 heavy (non-hydrogen) atoms. The van der Waals surface area contributed by atoms with Crippen molar-refractivity contribution in [3.8, 4) is 16.9 Å². The normalized spacial score (nSPS) is 11.2. The largest absolute Gasteiger partial charge is 0.294 e. The summed E-state index contributed by atoms with van der Waals surface area (Å²) in [5.74, 6) is 0. The summed E-state index contributed by atoms with van der Waals surface area (Å²) in [7, 11) is 0. The van der Waals surface area contributed by atoms with Crippen molar-refractivity contribution in [1.82, 2.24) is 29.6 Å². The van der Waals surface area contributed by atoms with E-state index in [0.717, 1.165) is 27.6 Å². The van der Waals surface area contributed by atoms with Crippen molar-refractivity contribution in [2.75, 3.05) is 0 Å². The van der Waals surface area contributed by atoms with E-state index in [1.54, 1.807) is 4.68 Å². The Bertz CT molecular complexity index is 1240. The first-order valence-corrected chi connectivity index (χ1v) is 9.67. The molecule has 0 bridgehead atoms. The third-order valence-electron chi connectivity index (χ3n) is 4.44. The Morgan fingerprint density at radius 2 is 1.64 bits per heavy atom. The Morgan fingerprint density at radius 1 is 0.857 bits per heavy atom. The number of benzene rings is 2. The zero-order chi connectivity index (χ0) is 18.9. The van der Waals surface area contributed by atoms with Crippen LogP contribution in [0.4, 0.5) is 0 Å². The van der Waals surface area contributed by atoms with E-state index in [0.29, 0.717) is 5.16 Å². The van der Waals surface area contributed by atoms with Crippen molar-refractivity contribution >= 4 is 17.4 Å². The van der Waals surface area contributed by atoms with Gasteiger partial charge in [-0.2, -0.15) is 4.68 Å². The summed E-state index contributed by atoms with van der Waals surface area (Å²) in [5.41, 5.74) is 5.00. The Kier molecular flexibility index (Phi) is 4.14. The molecule has 0 aliphatic rings. The number of pyridine rings is 1. The maximum absolute atomic E-state index is 4.86. The second kappa shape index (κ2) is 6.94. The highest BCUT2D eigenvalue weighted by molar-refractivity contribution is 7.99. The zero-order valence-electron chi connectivity index (χ0n) is 15.1. The third kappa shape index (κ3) is 2.95. The highest BCUT2D eigenvalue weighted by atomic mass is 32.2. The molecule has 3 heterocycles. The molecule has 2 aromatic carbocycles. The molecule has 0 N–H and O–H groups in total. The molecule has 0 aliphatic heterocycles. The smallest absolute Gasteiger partial charge is 0.220 e. The second-order valence-electron chi connectivity index (χ2n) is 6.37. The molecular formula is C21H16N6S. The van der Waals surface area contributed by atoms with Gasteiger partial charge in [-0.05, 0) is 53.4 Å². The summed E-state index contributed by atoms with van der Waals surface area (Å²) in [5, 5.41) is 14.0.